The molecule has 6 heteroatoms. The van der Waals surface area contributed by atoms with E-state index in [0.29, 0.717) is 19.0 Å². The van der Waals surface area contributed by atoms with Crippen molar-refractivity contribution in [3.63, 3.8) is 0 Å². The SMILES string of the molecule is O=C(Nc1ccccc1)N1CC(n2cc(C3CC3)nn2)C1. The number of para-hydroxylation sites is 1. The summed E-state index contributed by atoms with van der Waals surface area (Å²) >= 11 is 0. The highest BCUT2D eigenvalue weighted by Gasteiger charge is 2.34. The van der Waals surface area contributed by atoms with Gasteiger partial charge in [0.1, 0.15) is 0 Å². The Bertz CT molecular complexity index is 643. The van der Waals surface area contributed by atoms with Gasteiger partial charge >= 0.3 is 6.03 Å². The van der Waals surface area contributed by atoms with Gasteiger partial charge in [0.15, 0.2) is 0 Å². The summed E-state index contributed by atoms with van der Waals surface area (Å²) in [6.45, 7) is 1.37. The summed E-state index contributed by atoms with van der Waals surface area (Å²) in [6, 6.07) is 9.71. The summed E-state index contributed by atoms with van der Waals surface area (Å²) in [5.41, 5.74) is 1.92. The van der Waals surface area contributed by atoms with E-state index in [1.165, 1.54) is 12.8 Å². The number of hydrogen-bond donors (Lipinski definition) is 1. The van der Waals surface area contributed by atoms with E-state index in [2.05, 4.69) is 15.6 Å². The molecule has 1 aliphatic carbocycles. The lowest BCUT2D eigenvalue weighted by molar-refractivity contribution is 0.127. The van der Waals surface area contributed by atoms with E-state index in [9.17, 15) is 4.79 Å². The molecule has 1 aromatic carbocycles. The number of anilines is 1. The van der Waals surface area contributed by atoms with Gasteiger partial charge in [-0.25, -0.2) is 9.48 Å². The molecule has 4 rings (SSSR count). The van der Waals surface area contributed by atoms with Crippen LogP contribution < -0.4 is 5.32 Å². The molecule has 2 heterocycles. The number of amides is 2. The van der Waals surface area contributed by atoms with E-state index in [0.717, 1.165) is 11.4 Å². The van der Waals surface area contributed by atoms with Gasteiger partial charge in [-0.1, -0.05) is 23.4 Å². The number of benzene rings is 1. The van der Waals surface area contributed by atoms with Crippen LogP contribution in [-0.2, 0) is 0 Å². The van der Waals surface area contributed by atoms with Gasteiger partial charge < -0.3 is 10.2 Å². The minimum Gasteiger partial charge on any atom is -0.320 e. The van der Waals surface area contributed by atoms with Crippen molar-refractivity contribution in [3.05, 3.63) is 42.2 Å². The van der Waals surface area contributed by atoms with Crippen molar-refractivity contribution in [3.8, 4) is 0 Å². The number of nitrogens with zero attached hydrogens (tertiary/aromatic N) is 4. The number of nitrogens with one attached hydrogen (secondary N) is 1. The largest absolute Gasteiger partial charge is 0.321 e. The van der Waals surface area contributed by atoms with Crippen LogP contribution in [0.3, 0.4) is 0 Å². The molecule has 21 heavy (non-hydrogen) atoms. The fourth-order valence-corrected chi connectivity index (χ4v) is 2.55. The van der Waals surface area contributed by atoms with Crippen LogP contribution in [0.5, 0.6) is 0 Å². The quantitative estimate of drug-likeness (QED) is 0.939. The molecule has 1 aliphatic heterocycles. The van der Waals surface area contributed by atoms with Crippen LogP contribution >= 0.6 is 0 Å². The Morgan fingerprint density at radius 2 is 1.95 bits per heavy atom. The van der Waals surface area contributed by atoms with Gasteiger partial charge in [-0.2, -0.15) is 0 Å². The zero-order chi connectivity index (χ0) is 14.2. The number of carbonyl (C=O) groups is 1. The van der Waals surface area contributed by atoms with Gasteiger partial charge in [-0.15, -0.1) is 5.10 Å². The molecular formula is C15H17N5O. The number of rotatable bonds is 3. The first-order chi connectivity index (χ1) is 10.3. The second kappa shape index (κ2) is 4.87. The summed E-state index contributed by atoms with van der Waals surface area (Å²) < 4.78 is 1.90. The first kappa shape index (κ1) is 12.4. The monoisotopic (exact) mass is 283 g/mol. The van der Waals surface area contributed by atoms with Crippen molar-refractivity contribution in [1.29, 1.82) is 0 Å². The fraction of sp³-hybridized carbons (Fsp3) is 0.400. The standard InChI is InChI=1S/C15H17N5O/c21-15(16-12-4-2-1-3-5-12)19-8-13(9-19)20-10-14(17-18-20)11-6-7-11/h1-5,10-11,13H,6-9H2,(H,16,21). The van der Waals surface area contributed by atoms with Crippen molar-refractivity contribution in [2.45, 2.75) is 24.8 Å². The molecule has 6 nitrogen and oxygen atoms in total. The van der Waals surface area contributed by atoms with Gasteiger partial charge in [0.25, 0.3) is 0 Å². The maximum absolute atomic E-state index is 12.1. The van der Waals surface area contributed by atoms with Crippen molar-refractivity contribution < 1.29 is 4.79 Å². The summed E-state index contributed by atoms with van der Waals surface area (Å²) in [5.74, 6) is 0.622. The molecule has 2 fully saturated rings. The lowest BCUT2D eigenvalue weighted by Gasteiger charge is -2.38. The van der Waals surface area contributed by atoms with Gasteiger partial charge in [0.05, 0.1) is 11.7 Å². The first-order valence-electron chi connectivity index (χ1n) is 7.32. The third-order valence-electron chi connectivity index (χ3n) is 4.07. The number of aromatic nitrogens is 3. The van der Waals surface area contributed by atoms with Crippen LogP contribution in [0, 0.1) is 0 Å². The molecule has 0 atom stereocenters. The molecule has 0 radical (unpaired) electrons. The van der Waals surface area contributed by atoms with Crippen molar-refractivity contribution in [1.82, 2.24) is 19.9 Å². The summed E-state index contributed by atoms with van der Waals surface area (Å²) in [6.07, 6.45) is 4.50. The third kappa shape index (κ3) is 2.49. The minimum absolute atomic E-state index is 0.0556. The Kier molecular flexibility index (Phi) is 2.87. The molecule has 108 valence electrons. The number of urea groups is 1. The van der Waals surface area contributed by atoms with Crippen molar-refractivity contribution >= 4 is 11.7 Å². The van der Waals surface area contributed by atoms with Crippen LogP contribution in [0.25, 0.3) is 0 Å². The molecule has 1 saturated carbocycles. The van der Waals surface area contributed by atoms with Crippen LogP contribution in [-0.4, -0.2) is 39.0 Å². The number of hydrogen-bond acceptors (Lipinski definition) is 3. The topological polar surface area (TPSA) is 63.1 Å². The highest BCUT2D eigenvalue weighted by Crippen LogP contribution is 2.39. The normalized spacial score (nSPS) is 18.4. The van der Waals surface area contributed by atoms with E-state index in [1.807, 2.05) is 41.2 Å². The average Bonchev–Trinajstić information content (AvgIpc) is 3.18. The van der Waals surface area contributed by atoms with Gasteiger partial charge in [0.2, 0.25) is 0 Å². The summed E-state index contributed by atoms with van der Waals surface area (Å²) in [7, 11) is 0. The number of carbonyl (C=O) groups excluding carboxylic acids is 1. The summed E-state index contributed by atoms with van der Waals surface area (Å²) in [4.78, 5) is 13.9. The molecule has 1 saturated heterocycles. The Morgan fingerprint density at radius 1 is 1.19 bits per heavy atom. The zero-order valence-electron chi connectivity index (χ0n) is 11.6. The molecular weight excluding hydrogens is 266 g/mol. The predicted molar refractivity (Wildman–Crippen MR) is 78.1 cm³/mol. The van der Waals surface area contributed by atoms with Crippen molar-refractivity contribution in [2.24, 2.45) is 0 Å². The fourth-order valence-electron chi connectivity index (χ4n) is 2.55. The third-order valence-corrected chi connectivity index (χ3v) is 4.07. The second-order valence-corrected chi connectivity index (χ2v) is 5.75. The van der Waals surface area contributed by atoms with Gasteiger partial charge in [0, 0.05) is 30.9 Å². The first-order valence-corrected chi connectivity index (χ1v) is 7.32. The highest BCUT2D eigenvalue weighted by atomic mass is 16.2. The van der Waals surface area contributed by atoms with Crippen LogP contribution in [0.15, 0.2) is 36.5 Å². The van der Waals surface area contributed by atoms with E-state index < -0.39 is 0 Å². The molecule has 2 aromatic rings. The van der Waals surface area contributed by atoms with E-state index in [-0.39, 0.29) is 12.1 Å². The Labute approximate surface area is 122 Å². The maximum atomic E-state index is 12.1. The van der Waals surface area contributed by atoms with Crippen LogP contribution in [0.2, 0.25) is 0 Å². The Morgan fingerprint density at radius 3 is 2.67 bits per heavy atom. The lowest BCUT2D eigenvalue weighted by atomic mass is 10.1. The van der Waals surface area contributed by atoms with Gasteiger partial charge in [-0.3, -0.25) is 0 Å². The second-order valence-electron chi connectivity index (χ2n) is 5.75. The zero-order valence-corrected chi connectivity index (χ0v) is 11.6. The lowest BCUT2D eigenvalue weighted by Crippen LogP contribution is -2.52. The van der Waals surface area contributed by atoms with Crippen molar-refractivity contribution in [2.75, 3.05) is 18.4 Å². The molecule has 0 bridgehead atoms. The van der Waals surface area contributed by atoms with Crippen LogP contribution in [0.4, 0.5) is 10.5 Å². The Balaban J connectivity index is 1.32. The van der Waals surface area contributed by atoms with E-state index >= 15 is 0 Å². The van der Waals surface area contributed by atoms with Gasteiger partial charge in [-0.05, 0) is 25.0 Å². The van der Waals surface area contributed by atoms with E-state index in [1.54, 1.807) is 4.90 Å². The average molecular weight is 283 g/mol. The van der Waals surface area contributed by atoms with E-state index in [4.69, 9.17) is 0 Å². The smallest absolute Gasteiger partial charge is 0.320 e. The molecule has 2 aliphatic rings. The number of likely N-dealkylation sites (tertiary alicyclic amines) is 1. The molecule has 2 amide bonds. The molecule has 0 unspecified atom stereocenters. The Hall–Kier alpha value is -2.37. The minimum atomic E-state index is -0.0556. The predicted octanol–water partition coefficient (Wildman–Crippen LogP) is 2.24. The maximum Gasteiger partial charge on any atom is 0.321 e. The van der Waals surface area contributed by atoms with Crippen LogP contribution in [0.1, 0.15) is 30.5 Å². The molecule has 1 N–H and O–H groups in total. The molecule has 0 spiro atoms. The summed E-state index contributed by atoms with van der Waals surface area (Å²) in [5, 5.41) is 11.3. The molecule has 1 aromatic heterocycles. The highest BCUT2D eigenvalue weighted by molar-refractivity contribution is 5.89.